The molecule has 0 unspecified atom stereocenters. The van der Waals surface area contributed by atoms with Crippen molar-refractivity contribution in [2.75, 3.05) is 30.7 Å². The van der Waals surface area contributed by atoms with Crippen LogP contribution in [-0.4, -0.2) is 60.8 Å². The fraction of sp³-hybridized carbons (Fsp3) is 0.423. The molecule has 6 rings (SSSR count). The number of halogens is 6. The number of sulfone groups is 1. The van der Waals surface area contributed by atoms with Gasteiger partial charge in [-0.15, -0.1) is 11.3 Å². The lowest BCUT2D eigenvalue weighted by molar-refractivity contribution is -0.140. The van der Waals surface area contributed by atoms with Crippen LogP contribution < -0.4 is 10.6 Å². The summed E-state index contributed by atoms with van der Waals surface area (Å²) in [4.78, 5) is 19.8. The highest BCUT2D eigenvalue weighted by molar-refractivity contribution is 7.91. The molecule has 1 aromatic carbocycles. The highest BCUT2D eigenvalue weighted by Crippen LogP contribution is 2.46. The summed E-state index contributed by atoms with van der Waals surface area (Å²) in [6.07, 6.45) is -6.47. The van der Waals surface area contributed by atoms with Gasteiger partial charge in [0.15, 0.2) is 9.84 Å². The molecule has 8 nitrogen and oxygen atoms in total. The first kappa shape index (κ1) is 28.9. The van der Waals surface area contributed by atoms with Gasteiger partial charge in [0.05, 0.1) is 21.2 Å². The summed E-state index contributed by atoms with van der Waals surface area (Å²) >= 11 is 0.361. The highest BCUT2D eigenvalue weighted by Gasteiger charge is 2.41. The number of hydrogen-bond donors (Lipinski definition) is 2. The van der Waals surface area contributed by atoms with Crippen molar-refractivity contribution in [1.29, 1.82) is 0 Å². The predicted molar refractivity (Wildman–Crippen MR) is 141 cm³/mol. The first-order valence-corrected chi connectivity index (χ1v) is 15.5. The topological polar surface area (TPSA) is 104 Å². The van der Waals surface area contributed by atoms with Crippen molar-refractivity contribution in [3.8, 4) is 10.6 Å². The maximum absolute atomic E-state index is 14.1. The molecule has 1 aliphatic carbocycles. The van der Waals surface area contributed by atoms with Gasteiger partial charge < -0.3 is 15.5 Å². The van der Waals surface area contributed by atoms with Crippen LogP contribution in [0.25, 0.3) is 10.6 Å². The number of benzene rings is 1. The van der Waals surface area contributed by atoms with Crippen molar-refractivity contribution in [3.63, 3.8) is 0 Å². The zero-order valence-electron chi connectivity index (χ0n) is 21.7. The molecule has 224 valence electrons. The minimum absolute atomic E-state index is 0.176. The molecule has 0 atom stereocenters. The van der Waals surface area contributed by atoms with Gasteiger partial charge in [0.25, 0.3) is 5.91 Å². The Bertz CT molecular complexity index is 1680. The Morgan fingerprint density at radius 3 is 2.55 bits per heavy atom. The van der Waals surface area contributed by atoms with E-state index in [9.17, 15) is 39.6 Å². The molecule has 1 amide bonds. The van der Waals surface area contributed by atoms with Gasteiger partial charge in [0.1, 0.15) is 17.0 Å². The third-order valence-corrected chi connectivity index (χ3v) is 10.3. The van der Waals surface area contributed by atoms with E-state index in [1.54, 1.807) is 0 Å². The van der Waals surface area contributed by atoms with Crippen LogP contribution in [0.1, 0.15) is 50.7 Å². The van der Waals surface area contributed by atoms with Gasteiger partial charge in [-0.2, -0.15) is 26.3 Å². The van der Waals surface area contributed by atoms with Gasteiger partial charge in [0.2, 0.25) is 5.95 Å². The van der Waals surface area contributed by atoms with Gasteiger partial charge in [-0.25, -0.2) is 18.4 Å². The summed E-state index contributed by atoms with van der Waals surface area (Å²) in [6.45, 7) is -0.904. The minimum atomic E-state index is -4.95. The van der Waals surface area contributed by atoms with Gasteiger partial charge in [-0.3, -0.25) is 4.79 Å². The number of hydrogen-bond acceptors (Lipinski definition) is 8. The monoisotopic (exact) mass is 631 g/mol. The average Bonchev–Trinajstić information content (AvgIpc) is 3.66. The molecule has 0 bridgehead atoms. The number of nitrogens with zero attached hydrogens (tertiary/aromatic N) is 3. The van der Waals surface area contributed by atoms with E-state index in [0.717, 1.165) is 48.6 Å². The second kappa shape index (κ2) is 10.2. The van der Waals surface area contributed by atoms with Crippen LogP contribution in [0.5, 0.6) is 0 Å². The van der Waals surface area contributed by atoms with Crippen LogP contribution in [0, 0.1) is 0 Å². The number of aromatic nitrogens is 2. The quantitative estimate of drug-likeness (QED) is 0.370. The number of rotatable bonds is 5. The number of carbonyl (C=O) groups is 1. The first-order chi connectivity index (χ1) is 19.7. The molecule has 1 saturated carbocycles. The molecule has 0 spiro atoms. The lowest BCUT2D eigenvalue weighted by Crippen LogP contribution is -2.39. The molecule has 0 radical (unpaired) electrons. The van der Waals surface area contributed by atoms with E-state index in [2.05, 4.69) is 26.7 Å². The molecule has 3 aliphatic rings. The van der Waals surface area contributed by atoms with Crippen molar-refractivity contribution < 1.29 is 39.6 Å². The molecular weight excluding hydrogens is 608 g/mol. The largest absolute Gasteiger partial charge is 0.420 e. The Morgan fingerprint density at radius 2 is 1.86 bits per heavy atom. The molecule has 2 aliphatic heterocycles. The number of fused-ring (bicyclic) bond motifs is 2. The van der Waals surface area contributed by atoms with Crippen LogP contribution in [0.2, 0.25) is 0 Å². The summed E-state index contributed by atoms with van der Waals surface area (Å²) < 4.78 is 107. The molecule has 0 saturated heterocycles. The Balaban J connectivity index is 1.43. The highest BCUT2D eigenvalue weighted by atomic mass is 32.2. The fourth-order valence-electron chi connectivity index (χ4n) is 5.17. The zero-order chi connectivity index (χ0) is 30.0. The summed E-state index contributed by atoms with van der Waals surface area (Å²) in [5, 5.41) is 6.35. The van der Waals surface area contributed by atoms with Crippen molar-refractivity contribution in [2.24, 2.45) is 0 Å². The van der Waals surface area contributed by atoms with Crippen molar-refractivity contribution in [3.05, 3.63) is 51.5 Å². The maximum Gasteiger partial charge on any atom is 0.420 e. The molecule has 42 heavy (non-hydrogen) atoms. The fourth-order valence-corrected chi connectivity index (χ4v) is 8.13. The van der Waals surface area contributed by atoms with E-state index in [0.29, 0.717) is 34.7 Å². The molecule has 16 heteroatoms. The second-order valence-corrected chi connectivity index (χ2v) is 13.6. The Kier molecular flexibility index (Phi) is 7.00. The first-order valence-electron chi connectivity index (χ1n) is 13.0. The zero-order valence-corrected chi connectivity index (χ0v) is 23.3. The smallest absolute Gasteiger partial charge is 0.328 e. The van der Waals surface area contributed by atoms with Gasteiger partial charge in [-0.1, -0.05) is 6.07 Å². The number of carbonyl (C=O) groups excluding carboxylic acids is 1. The summed E-state index contributed by atoms with van der Waals surface area (Å²) in [5.41, 5.74) is 1.92. The van der Waals surface area contributed by atoms with Crippen LogP contribution in [0.3, 0.4) is 0 Å². The van der Waals surface area contributed by atoms with E-state index in [4.69, 9.17) is 0 Å². The van der Waals surface area contributed by atoms with Crippen molar-refractivity contribution in [1.82, 2.24) is 20.2 Å². The van der Waals surface area contributed by atoms with Crippen LogP contribution in [0.4, 0.5) is 38.0 Å². The molecule has 2 N–H and O–H groups in total. The number of alkyl halides is 6. The molecule has 1 fully saturated rings. The molecular formula is C26H23F6N5O3S2. The van der Waals surface area contributed by atoms with E-state index in [1.807, 2.05) is 6.07 Å². The Labute approximate surface area is 240 Å². The van der Waals surface area contributed by atoms with E-state index in [1.165, 1.54) is 0 Å². The summed E-state index contributed by atoms with van der Waals surface area (Å²) in [6, 6.07) is 4.90. The lowest BCUT2D eigenvalue weighted by Gasteiger charge is -2.21. The lowest BCUT2D eigenvalue weighted by atomic mass is 9.95. The Morgan fingerprint density at radius 1 is 1.10 bits per heavy atom. The average molecular weight is 632 g/mol. The maximum atomic E-state index is 14.1. The Hall–Kier alpha value is -3.24. The van der Waals surface area contributed by atoms with Crippen molar-refractivity contribution in [2.45, 2.75) is 49.0 Å². The number of nitrogens with one attached hydrogen (secondary N) is 2. The SMILES string of the molecule is O=C1c2sc(-c3nc(Nc4cc5c(cc4C4CC4)CNCC5)ncc3C(F)(F)F)cc2S(=O)(=O)CCN1CC(F)(F)F. The van der Waals surface area contributed by atoms with Crippen LogP contribution >= 0.6 is 11.3 Å². The molecule has 3 aromatic rings. The summed E-state index contributed by atoms with van der Waals surface area (Å²) in [5.74, 6) is -1.92. The normalized spacial score (nSPS) is 18.8. The van der Waals surface area contributed by atoms with E-state index in [-0.39, 0.29) is 16.7 Å². The van der Waals surface area contributed by atoms with Crippen LogP contribution in [-0.2, 0) is 29.0 Å². The molecule has 2 aromatic heterocycles. The predicted octanol–water partition coefficient (Wildman–Crippen LogP) is 5.28. The van der Waals surface area contributed by atoms with E-state index >= 15 is 0 Å². The van der Waals surface area contributed by atoms with Crippen molar-refractivity contribution >= 4 is 38.7 Å². The van der Waals surface area contributed by atoms with Gasteiger partial charge in [0, 0.05) is 25.0 Å². The number of anilines is 2. The van der Waals surface area contributed by atoms with Gasteiger partial charge >= 0.3 is 12.4 Å². The standard InChI is InChI=1S/C26H23F6N5O3S2/c27-25(28,29)12-37-5-6-42(39,40)20-9-19(41-22(20)23(37)38)21-17(26(30,31)32)11-34-24(36-21)35-18-8-14-3-4-33-10-15(14)7-16(18)13-1-2-13/h7-9,11,13,33H,1-6,10,12H2,(H,34,35,36). The van der Waals surface area contributed by atoms with Gasteiger partial charge in [-0.05, 0) is 60.5 Å². The number of amides is 1. The summed E-state index contributed by atoms with van der Waals surface area (Å²) in [7, 11) is -4.28. The second-order valence-electron chi connectivity index (χ2n) is 10.5. The van der Waals surface area contributed by atoms with Crippen LogP contribution in [0.15, 0.2) is 29.3 Å². The third-order valence-electron chi connectivity index (χ3n) is 7.36. The third kappa shape index (κ3) is 5.71. The minimum Gasteiger partial charge on any atom is -0.328 e. The van der Waals surface area contributed by atoms with E-state index < -0.39 is 68.0 Å². The number of thiophene rings is 1. The molecule has 4 heterocycles.